The van der Waals surface area contributed by atoms with Gasteiger partial charge in [0.05, 0.1) is 27.2 Å². The third-order valence-corrected chi connectivity index (χ3v) is 10.7. The summed E-state index contributed by atoms with van der Waals surface area (Å²) in [7, 11) is 0. The Balaban J connectivity index is 1.53. The Labute approximate surface area is 347 Å². The van der Waals surface area contributed by atoms with Crippen LogP contribution in [0.4, 0.5) is 17.1 Å². The number of anilines is 3. The zero-order chi connectivity index (χ0) is 40.5. The van der Waals surface area contributed by atoms with Crippen LogP contribution in [0.2, 0.25) is 20.1 Å². The van der Waals surface area contributed by atoms with E-state index >= 15 is 0 Å². The maximum Gasteiger partial charge on any atom is 0.265 e. The average Bonchev–Trinajstić information content (AvgIpc) is 3.44. The monoisotopic (exact) mass is 832 g/mol. The van der Waals surface area contributed by atoms with Crippen molar-refractivity contribution in [3.05, 3.63) is 73.7 Å². The normalized spacial score (nSPS) is 13.9. The van der Waals surface area contributed by atoms with Crippen LogP contribution in [0.1, 0.15) is 137 Å². The first-order valence-electron chi connectivity index (χ1n) is 19.4. The van der Waals surface area contributed by atoms with E-state index in [1.807, 2.05) is 53.7 Å². The van der Waals surface area contributed by atoms with Crippen LogP contribution in [-0.4, -0.2) is 28.9 Å². The number of hydrazone groups is 1. The van der Waals surface area contributed by atoms with E-state index in [0.717, 1.165) is 35.4 Å². The third-order valence-electron chi connectivity index (χ3n) is 9.57. The number of hydrogen-bond acceptors (Lipinski definition) is 6. The Hall–Kier alpha value is -3.17. The van der Waals surface area contributed by atoms with E-state index < -0.39 is 6.10 Å². The molecule has 1 aliphatic heterocycles. The minimum atomic E-state index is -0.800. The molecular weight excluding hydrogens is 778 g/mol. The molecule has 3 aromatic rings. The lowest BCUT2D eigenvalue weighted by Gasteiger charge is -2.29. The summed E-state index contributed by atoms with van der Waals surface area (Å²) in [4.78, 5) is 27.0. The van der Waals surface area contributed by atoms with Crippen molar-refractivity contribution in [1.82, 2.24) is 0 Å². The van der Waals surface area contributed by atoms with E-state index in [1.54, 1.807) is 18.2 Å². The van der Waals surface area contributed by atoms with Gasteiger partial charge in [0.15, 0.2) is 6.10 Å². The predicted octanol–water partition coefficient (Wildman–Crippen LogP) is 13.5. The number of nitrogens with zero attached hydrogens (tertiary/aromatic N) is 2. The number of amidine groups is 1. The van der Waals surface area contributed by atoms with Crippen molar-refractivity contribution in [3.8, 4) is 11.5 Å². The van der Waals surface area contributed by atoms with Crippen LogP contribution in [0.3, 0.4) is 0 Å². The zero-order valence-corrected chi connectivity index (χ0v) is 36.2. The molecule has 4 rings (SSSR count). The number of ether oxygens (including phenoxy) is 1. The second kappa shape index (κ2) is 19.8. The number of carbonyl (C=O) groups is 2. The summed E-state index contributed by atoms with van der Waals surface area (Å²) in [6, 6.07) is 11.7. The Bertz CT molecular complexity index is 1790. The molecule has 12 heteroatoms. The Morgan fingerprint density at radius 1 is 0.818 bits per heavy atom. The molecule has 0 radical (unpaired) electrons. The molecular formula is C43H56Cl4N4O4. The van der Waals surface area contributed by atoms with Crippen LogP contribution in [0.15, 0.2) is 47.6 Å². The second-order valence-electron chi connectivity index (χ2n) is 16.4. The summed E-state index contributed by atoms with van der Waals surface area (Å²) in [6.07, 6.45) is 11.4. The highest BCUT2D eigenvalue weighted by molar-refractivity contribution is 6.43. The smallest absolute Gasteiger partial charge is 0.265 e. The van der Waals surface area contributed by atoms with Crippen LogP contribution >= 0.6 is 46.4 Å². The van der Waals surface area contributed by atoms with Gasteiger partial charge in [-0.25, -0.2) is 0 Å². The molecule has 3 N–H and O–H groups in total. The Kier molecular flexibility index (Phi) is 16.0. The summed E-state index contributed by atoms with van der Waals surface area (Å²) in [5, 5.41) is 24.1. The van der Waals surface area contributed by atoms with Gasteiger partial charge < -0.3 is 20.5 Å². The lowest BCUT2D eigenvalue weighted by Crippen LogP contribution is -2.33. The molecule has 8 nitrogen and oxygen atoms in total. The number of carbonyl (C=O) groups excluding carboxylic acids is 2. The van der Waals surface area contributed by atoms with Crippen molar-refractivity contribution in [3.63, 3.8) is 0 Å². The number of phenolic OH excluding ortho intramolecular Hbond substituents is 1. The van der Waals surface area contributed by atoms with Gasteiger partial charge in [-0.3, -0.25) is 9.59 Å². The molecule has 0 saturated carbocycles. The Morgan fingerprint density at radius 2 is 1.36 bits per heavy atom. The van der Waals surface area contributed by atoms with Gasteiger partial charge in [0.1, 0.15) is 23.0 Å². The summed E-state index contributed by atoms with van der Waals surface area (Å²) < 4.78 is 6.55. The number of benzene rings is 3. The highest BCUT2D eigenvalue weighted by Gasteiger charge is 2.31. The van der Waals surface area contributed by atoms with E-state index in [9.17, 15) is 14.7 Å². The molecule has 0 spiro atoms. The molecule has 0 aliphatic carbocycles. The fraction of sp³-hybridized carbons (Fsp3) is 0.512. The van der Waals surface area contributed by atoms with E-state index in [0.29, 0.717) is 39.4 Å². The van der Waals surface area contributed by atoms with Crippen molar-refractivity contribution in [2.75, 3.05) is 15.6 Å². The molecule has 1 aliphatic rings. The number of hydrogen-bond donors (Lipinski definition) is 3. The number of rotatable bonds is 17. The minimum Gasteiger partial charge on any atom is -0.507 e. The number of nitrogens with one attached hydrogen (secondary N) is 2. The van der Waals surface area contributed by atoms with E-state index in [4.69, 9.17) is 51.1 Å². The summed E-state index contributed by atoms with van der Waals surface area (Å²) in [5.74, 6) is 0.447. The highest BCUT2D eigenvalue weighted by atomic mass is 35.5. The quantitative estimate of drug-likeness (QED) is 0.118. The van der Waals surface area contributed by atoms with Gasteiger partial charge in [0.2, 0.25) is 0 Å². The van der Waals surface area contributed by atoms with Gasteiger partial charge >= 0.3 is 0 Å². The molecule has 3 aromatic carbocycles. The molecule has 0 aromatic heterocycles. The molecule has 1 heterocycles. The van der Waals surface area contributed by atoms with Gasteiger partial charge in [-0.05, 0) is 66.1 Å². The molecule has 300 valence electrons. The van der Waals surface area contributed by atoms with E-state index in [2.05, 4.69) is 22.7 Å². The molecule has 0 bridgehead atoms. The maximum absolute atomic E-state index is 14.1. The lowest BCUT2D eigenvalue weighted by molar-refractivity contribution is -0.123. The first kappa shape index (κ1) is 44.5. The number of amides is 2. The zero-order valence-electron chi connectivity index (χ0n) is 33.2. The number of phenols is 1. The fourth-order valence-electron chi connectivity index (χ4n) is 6.53. The van der Waals surface area contributed by atoms with E-state index in [1.165, 1.54) is 57.1 Å². The fourth-order valence-corrected chi connectivity index (χ4v) is 7.67. The average molecular weight is 835 g/mol. The number of unbranched alkanes of at least 4 members (excludes halogenated alkanes) is 9. The molecule has 0 fully saturated rings. The maximum atomic E-state index is 14.1. The Morgan fingerprint density at radius 3 is 1.91 bits per heavy atom. The van der Waals surface area contributed by atoms with Gasteiger partial charge in [-0.1, -0.05) is 153 Å². The number of halogens is 4. The minimum absolute atomic E-state index is 0.0588. The van der Waals surface area contributed by atoms with Crippen LogP contribution in [0.5, 0.6) is 11.5 Å². The topological polar surface area (TPSA) is 103 Å². The summed E-state index contributed by atoms with van der Waals surface area (Å²) in [5.41, 5.74) is 1.95. The third kappa shape index (κ3) is 12.7. The molecule has 1 unspecified atom stereocenters. The highest BCUT2D eigenvalue weighted by Crippen LogP contribution is 2.42. The first-order chi connectivity index (χ1) is 25.9. The van der Waals surface area contributed by atoms with E-state index in [-0.39, 0.29) is 50.5 Å². The molecule has 0 saturated heterocycles. The van der Waals surface area contributed by atoms with Gasteiger partial charge in [-0.15, -0.1) is 0 Å². The molecule has 2 amide bonds. The van der Waals surface area contributed by atoms with Crippen LogP contribution in [0, 0.1) is 0 Å². The van der Waals surface area contributed by atoms with Crippen LogP contribution in [0.25, 0.3) is 0 Å². The summed E-state index contributed by atoms with van der Waals surface area (Å²) >= 11 is 25.4. The van der Waals surface area contributed by atoms with Crippen molar-refractivity contribution in [1.29, 1.82) is 0 Å². The van der Waals surface area contributed by atoms with Crippen molar-refractivity contribution in [2.45, 2.75) is 142 Å². The van der Waals surface area contributed by atoms with Crippen molar-refractivity contribution in [2.24, 2.45) is 5.10 Å². The lowest BCUT2D eigenvalue weighted by atomic mass is 9.79. The largest absolute Gasteiger partial charge is 0.507 e. The first-order valence-corrected chi connectivity index (χ1v) is 20.9. The second-order valence-corrected chi connectivity index (χ2v) is 18.1. The molecule has 55 heavy (non-hydrogen) atoms. The van der Waals surface area contributed by atoms with Crippen molar-refractivity contribution >= 4 is 81.1 Å². The SMILES string of the molecule is CCCCCCCCCCCCC(Oc1cc(C(C)(C)C)c(O)c(C(C)(C)C)c1)C(=O)Nc1ccc(Cl)c(NC2=NN(c3c(Cl)cc(Cl)cc3Cl)C(=O)C2)c1. The standard InChI is InChI=1S/C43H56Cl4N4O4/c1-8-9-10-11-12-13-14-15-16-17-18-36(55-29-24-30(42(2,3)4)40(53)31(25-29)43(5,6)7)41(54)48-28-19-20-32(45)35(23-28)49-37-26-38(52)51(50-37)39-33(46)21-27(44)22-34(39)47/h19-25,36,53H,8-18,26H2,1-7H3,(H,48,54)(H,49,50). The molecule has 1 atom stereocenters. The van der Waals surface area contributed by atoms with Gasteiger partial charge in [0.25, 0.3) is 11.8 Å². The van der Waals surface area contributed by atoms with Gasteiger partial charge in [0, 0.05) is 21.8 Å². The van der Waals surface area contributed by atoms with Crippen LogP contribution < -0.4 is 20.4 Å². The number of aromatic hydroxyl groups is 1. The van der Waals surface area contributed by atoms with Crippen molar-refractivity contribution < 1.29 is 19.4 Å². The predicted molar refractivity (Wildman–Crippen MR) is 231 cm³/mol. The summed E-state index contributed by atoms with van der Waals surface area (Å²) in [6.45, 7) is 14.5. The van der Waals surface area contributed by atoms with Gasteiger partial charge in [-0.2, -0.15) is 10.1 Å². The van der Waals surface area contributed by atoms with Crippen LogP contribution in [-0.2, 0) is 20.4 Å².